The molecule has 2 atom stereocenters. The van der Waals surface area contributed by atoms with Crippen LogP contribution in [0.25, 0.3) is 0 Å². The lowest BCUT2D eigenvalue weighted by atomic mass is 9.75. The first-order chi connectivity index (χ1) is 13.9. The van der Waals surface area contributed by atoms with Crippen molar-refractivity contribution in [1.29, 1.82) is 0 Å². The van der Waals surface area contributed by atoms with Crippen LogP contribution in [-0.4, -0.2) is 57.8 Å². The molecule has 1 aliphatic carbocycles. The van der Waals surface area contributed by atoms with Crippen LogP contribution in [0.15, 0.2) is 18.3 Å². The number of amides is 1. The predicted octanol–water partition coefficient (Wildman–Crippen LogP) is 2.43. The number of carbonyl (C=O) groups is 1. The summed E-state index contributed by atoms with van der Waals surface area (Å²) in [6, 6.07) is 3.97. The van der Waals surface area contributed by atoms with Gasteiger partial charge in [-0.1, -0.05) is 19.4 Å². The van der Waals surface area contributed by atoms with Crippen molar-refractivity contribution in [2.24, 2.45) is 5.92 Å². The first-order valence-electron chi connectivity index (χ1n) is 11.2. The summed E-state index contributed by atoms with van der Waals surface area (Å²) in [6.45, 7) is 7.12. The third-order valence-electron chi connectivity index (χ3n) is 7.23. The minimum atomic E-state index is -0.933. The Balaban J connectivity index is 1.29. The summed E-state index contributed by atoms with van der Waals surface area (Å²) in [5.41, 5.74) is 1.16. The van der Waals surface area contributed by atoms with E-state index in [9.17, 15) is 9.90 Å². The molecule has 1 aromatic heterocycles. The number of aryl methyl sites for hydroxylation is 1. The molecule has 3 fully saturated rings. The van der Waals surface area contributed by atoms with Crippen molar-refractivity contribution in [3.63, 3.8) is 0 Å². The number of pyridine rings is 1. The fourth-order valence-corrected chi connectivity index (χ4v) is 4.85. The van der Waals surface area contributed by atoms with Gasteiger partial charge in [0.2, 0.25) is 5.91 Å². The Morgan fingerprint density at radius 3 is 2.66 bits per heavy atom. The molecule has 160 valence electrons. The third-order valence-corrected chi connectivity index (χ3v) is 7.23. The lowest BCUT2D eigenvalue weighted by Crippen LogP contribution is -2.64. The molecule has 0 aromatic carbocycles. The number of aliphatic hydroxyl groups is 1. The first kappa shape index (κ1) is 20.8. The second-order valence-corrected chi connectivity index (χ2v) is 9.50. The number of nitrogens with zero attached hydrogens (tertiary/aromatic N) is 2. The Hall–Kier alpha value is -1.50. The summed E-state index contributed by atoms with van der Waals surface area (Å²) in [5, 5.41) is 14.2. The normalized spacial score (nSPS) is 30.1. The fraction of sp³-hybridized carbons (Fsp3) is 0.739. The molecular formula is C23H35N3O3. The highest BCUT2D eigenvalue weighted by Crippen LogP contribution is 2.40. The van der Waals surface area contributed by atoms with Crippen LogP contribution in [0.5, 0.6) is 0 Å². The van der Waals surface area contributed by atoms with Gasteiger partial charge in [-0.3, -0.25) is 14.7 Å². The van der Waals surface area contributed by atoms with E-state index in [0.29, 0.717) is 13.0 Å². The monoisotopic (exact) mass is 401 g/mol. The number of nitrogens with one attached hydrogen (secondary N) is 1. The molecule has 1 aromatic rings. The highest BCUT2D eigenvalue weighted by atomic mass is 16.5. The van der Waals surface area contributed by atoms with Gasteiger partial charge in [0, 0.05) is 38.2 Å². The SMILES string of the molecule is CCc1ccc(CN2CCC3(CC2)C[C@](C)(O)[C@@H](NC(=O)C2CCC2)CO3)nc1. The van der Waals surface area contributed by atoms with Crippen molar-refractivity contribution >= 4 is 5.91 Å². The van der Waals surface area contributed by atoms with Crippen LogP contribution in [0.1, 0.15) is 63.6 Å². The zero-order chi connectivity index (χ0) is 20.5. The first-order valence-corrected chi connectivity index (χ1v) is 11.2. The summed E-state index contributed by atoms with van der Waals surface area (Å²) in [6.07, 6.45) is 8.44. The van der Waals surface area contributed by atoms with E-state index in [1.165, 1.54) is 5.56 Å². The van der Waals surface area contributed by atoms with Crippen molar-refractivity contribution in [3.05, 3.63) is 29.6 Å². The van der Waals surface area contributed by atoms with Gasteiger partial charge in [-0.15, -0.1) is 0 Å². The molecule has 1 amide bonds. The maximum atomic E-state index is 12.3. The molecule has 0 radical (unpaired) electrons. The molecular weight excluding hydrogens is 366 g/mol. The van der Waals surface area contributed by atoms with Gasteiger partial charge in [0.05, 0.1) is 29.5 Å². The van der Waals surface area contributed by atoms with Crippen LogP contribution in [0.3, 0.4) is 0 Å². The second kappa shape index (κ2) is 8.32. The molecule has 6 heteroatoms. The van der Waals surface area contributed by atoms with Crippen molar-refractivity contribution in [2.75, 3.05) is 19.7 Å². The topological polar surface area (TPSA) is 74.7 Å². The molecule has 2 N–H and O–H groups in total. The second-order valence-electron chi connectivity index (χ2n) is 9.50. The largest absolute Gasteiger partial charge is 0.388 e. The van der Waals surface area contributed by atoms with Gasteiger partial charge >= 0.3 is 0 Å². The summed E-state index contributed by atoms with van der Waals surface area (Å²) in [5.74, 6) is 0.211. The molecule has 0 bridgehead atoms. The highest BCUT2D eigenvalue weighted by Gasteiger charge is 2.49. The lowest BCUT2D eigenvalue weighted by Gasteiger charge is -2.51. The van der Waals surface area contributed by atoms with E-state index in [2.05, 4.69) is 34.3 Å². The molecule has 3 heterocycles. The summed E-state index contributed by atoms with van der Waals surface area (Å²) in [7, 11) is 0. The molecule has 3 aliphatic rings. The minimum absolute atomic E-state index is 0.0810. The molecule has 29 heavy (non-hydrogen) atoms. The number of piperidine rings is 1. The third kappa shape index (κ3) is 4.65. The van der Waals surface area contributed by atoms with Gasteiger partial charge in [0.25, 0.3) is 0 Å². The average Bonchev–Trinajstić information content (AvgIpc) is 2.65. The van der Waals surface area contributed by atoms with Gasteiger partial charge < -0.3 is 15.2 Å². The number of carbonyl (C=O) groups excluding carboxylic acids is 1. The zero-order valence-corrected chi connectivity index (χ0v) is 17.8. The van der Waals surface area contributed by atoms with E-state index in [1.54, 1.807) is 0 Å². The van der Waals surface area contributed by atoms with Crippen LogP contribution >= 0.6 is 0 Å². The van der Waals surface area contributed by atoms with Crippen LogP contribution in [0.4, 0.5) is 0 Å². The average molecular weight is 402 g/mol. The van der Waals surface area contributed by atoms with Crippen LogP contribution in [0, 0.1) is 5.92 Å². The molecule has 0 unspecified atom stereocenters. The van der Waals surface area contributed by atoms with Crippen molar-refractivity contribution in [2.45, 2.75) is 82.6 Å². The van der Waals surface area contributed by atoms with Gasteiger partial charge in [-0.25, -0.2) is 0 Å². The highest BCUT2D eigenvalue weighted by molar-refractivity contribution is 5.79. The standard InChI is InChI=1S/C23H35N3O3/c1-3-17-7-8-19(24-13-17)14-26-11-9-23(10-12-26)16-22(2,28)20(15-29-23)25-21(27)18-5-4-6-18/h7-8,13,18,20,28H,3-6,9-12,14-16H2,1-2H3,(H,25,27)/t20-,22-/m0/s1. The summed E-state index contributed by atoms with van der Waals surface area (Å²) >= 11 is 0. The van der Waals surface area contributed by atoms with Gasteiger partial charge in [-0.2, -0.15) is 0 Å². The smallest absolute Gasteiger partial charge is 0.223 e. The molecule has 6 nitrogen and oxygen atoms in total. The number of rotatable bonds is 5. The molecule has 1 spiro atoms. The maximum Gasteiger partial charge on any atom is 0.223 e. The quantitative estimate of drug-likeness (QED) is 0.793. The van der Waals surface area contributed by atoms with Crippen LogP contribution in [-0.2, 0) is 22.5 Å². The van der Waals surface area contributed by atoms with E-state index >= 15 is 0 Å². The van der Waals surface area contributed by atoms with E-state index in [4.69, 9.17) is 4.74 Å². The summed E-state index contributed by atoms with van der Waals surface area (Å²) in [4.78, 5) is 19.3. The van der Waals surface area contributed by atoms with E-state index in [0.717, 1.165) is 63.9 Å². The van der Waals surface area contributed by atoms with E-state index in [-0.39, 0.29) is 23.5 Å². The van der Waals surface area contributed by atoms with E-state index in [1.807, 2.05) is 13.1 Å². The zero-order valence-electron chi connectivity index (χ0n) is 17.8. The lowest BCUT2D eigenvalue weighted by molar-refractivity contribution is -0.190. The Kier molecular flexibility index (Phi) is 5.96. The van der Waals surface area contributed by atoms with Crippen molar-refractivity contribution < 1.29 is 14.6 Å². The number of hydrogen-bond acceptors (Lipinski definition) is 5. The molecule has 2 saturated heterocycles. The Morgan fingerprint density at radius 2 is 2.10 bits per heavy atom. The van der Waals surface area contributed by atoms with Gasteiger partial charge in [0.15, 0.2) is 0 Å². The minimum Gasteiger partial charge on any atom is -0.388 e. The number of likely N-dealkylation sites (tertiary alicyclic amines) is 1. The Labute approximate surface area is 174 Å². The number of hydrogen-bond donors (Lipinski definition) is 2. The fourth-order valence-electron chi connectivity index (χ4n) is 4.85. The van der Waals surface area contributed by atoms with Crippen LogP contribution in [0.2, 0.25) is 0 Å². The van der Waals surface area contributed by atoms with Gasteiger partial charge in [-0.05, 0) is 50.7 Å². The van der Waals surface area contributed by atoms with Gasteiger partial charge in [0.1, 0.15) is 0 Å². The number of aromatic nitrogens is 1. The molecule has 1 saturated carbocycles. The molecule has 2 aliphatic heterocycles. The van der Waals surface area contributed by atoms with Crippen LogP contribution < -0.4 is 5.32 Å². The molecule has 4 rings (SSSR count). The van der Waals surface area contributed by atoms with Crippen molar-refractivity contribution in [3.8, 4) is 0 Å². The maximum absolute atomic E-state index is 12.3. The Bertz CT molecular complexity index is 707. The Morgan fingerprint density at radius 1 is 1.34 bits per heavy atom. The number of ether oxygens (including phenoxy) is 1. The van der Waals surface area contributed by atoms with E-state index < -0.39 is 5.60 Å². The summed E-state index contributed by atoms with van der Waals surface area (Å²) < 4.78 is 6.30. The predicted molar refractivity (Wildman–Crippen MR) is 111 cm³/mol. The van der Waals surface area contributed by atoms with Crippen molar-refractivity contribution in [1.82, 2.24) is 15.2 Å².